The van der Waals surface area contributed by atoms with Crippen LogP contribution in [-0.2, 0) is 11.3 Å². The quantitative estimate of drug-likeness (QED) is 0.821. The predicted molar refractivity (Wildman–Crippen MR) is 94.9 cm³/mol. The van der Waals surface area contributed by atoms with Gasteiger partial charge in [0.15, 0.2) is 11.6 Å². The maximum Gasteiger partial charge on any atom is 0.275 e. The van der Waals surface area contributed by atoms with Gasteiger partial charge < -0.3 is 18.7 Å². The molecule has 0 aromatic carbocycles. The van der Waals surface area contributed by atoms with Gasteiger partial charge in [0.05, 0.1) is 12.2 Å². The summed E-state index contributed by atoms with van der Waals surface area (Å²) in [7, 11) is 0. The van der Waals surface area contributed by atoms with Crippen LogP contribution in [0.1, 0.15) is 59.1 Å². The minimum absolute atomic E-state index is 0.108. The highest BCUT2D eigenvalue weighted by atomic mass is 16.5. The Kier molecular flexibility index (Phi) is 4.28. The lowest BCUT2D eigenvalue weighted by Crippen LogP contribution is -2.54. The van der Waals surface area contributed by atoms with Gasteiger partial charge in [-0.2, -0.15) is 0 Å². The first-order valence-electron chi connectivity index (χ1n) is 9.33. The van der Waals surface area contributed by atoms with Crippen molar-refractivity contribution >= 4 is 11.8 Å². The minimum atomic E-state index is -0.191. The zero-order chi connectivity index (χ0) is 19.2. The second-order valence-electron chi connectivity index (χ2n) is 7.55. The Hall–Kier alpha value is -2.64. The average molecular weight is 372 g/mol. The number of piperidine rings is 1. The summed E-state index contributed by atoms with van der Waals surface area (Å²) in [4.78, 5) is 33.1. The lowest BCUT2D eigenvalue weighted by molar-refractivity contribution is -0.133. The van der Waals surface area contributed by atoms with Gasteiger partial charge in [-0.05, 0) is 33.1 Å². The molecule has 8 heteroatoms. The number of rotatable bonds is 3. The van der Waals surface area contributed by atoms with E-state index in [2.05, 4.69) is 10.1 Å². The fourth-order valence-electron chi connectivity index (χ4n) is 4.29. The monoisotopic (exact) mass is 372 g/mol. The largest absolute Gasteiger partial charge is 0.448 e. The molecule has 0 unspecified atom stereocenters. The molecule has 2 amide bonds. The van der Waals surface area contributed by atoms with Crippen LogP contribution in [0.25, 0.3) is 0 Å². The van der Waals surface area contributed by atoms with Gasteiger partial charge in [-0.3, -0.25) is 9.59 Å². The molecule has 1 spiro atoms. The van der Waals surface area contributed by atoms with Crippen LogP contribution < -0.4 is 0 Å². The molecule has 27 heavy (non-hydrogen) atoms. The van der Waals surface area contributed by atoms with E-state index in [0.29, 0.717) is 37.6 Å². The van der Waals surface area contributed by atoms with Crippen LogP contribution in [0.2, 0.25) is 0 Å². The van der Waals surface area contributed by atoms with Crippen LogP contribution in [0.3, 0.4) is 0 Å². The number of aryl methyl sites for hydroxylation is 3. The molecule has 8 nitrogen and oxygen atoms in total. The average Bonchev–Trinajstić information content (AvgIpc) is 3.31. The first-order valence-corrected chi connectivity index (χ1v) is 9.33. The maximum absolute atomic E-state index is 12.6. The molecule has 0 saturated carbocycles. The fraction of sp³-hybridized carbons (Fsp3) is 0.579. The Morgan fingerprint density at radius 1 is 1.22 bits per heavy atom. The van der Waals surface area contributed by atoms with Crippen molar-refractivity contribution in [3.8, 4) is 0 Å². The van der Waals surface area contributed by atoms with Gasteiger partial charge in [0, 0.05) is 37.5 Å². The van der Waals surface area contributed by atoms with Crippen LogP contribution >= 0.6 is 0 Å². The molecular weight excluding hydrogens is 348 g/mol. The molecule has 0 atom stereocenters. The van der Waals surface area contributed by atoms with E-state index in [1.807, 2.05) is 18.7 Å². The van der Waals surface area contributed by atoms with Gasteiger partial charge in [-0.15, -0.1) is 0 Å². The molecule has 2 fully saturated rings. The van der Waals surface area contributed by atoms with E-state index in [0.717, 1.165) is 36.3 Å². The third-order valence-electron chi connectivity index (χ3n) is 5.99. The number of oxazole rings is 1. The van der Waals surface area contributed by atoms with Gasteiger partial charge in [0.1, 0.15) is 12.0 Å². The van der Waals surface area contributed by atoms with E-state index in [4.69, 9.17) is 8.94 Å². The molecule has 4 rings (SSSR count). The highest BCUT2D eigenvalue weighted by Crippen LogP contribution is 2.40. The van der Waals surface area contributed by atoms with Gasteiger partial charge in [0.25, 0.3) is 5.91 Å². The summed E-state index contributed by atoms with van der Waals surface area (Å²) < 4.78 is 10.4. The number of nitrogens with zero attached hydrogens (tertiary/aromatic N) is 4. The van der Waals surface area contributed by atoms with Crippen molar-refractivity contribution in [2.24, 2.45) is 0 Å². The molecule has 2 aliphatic rings. The molecule has 2 aromatic rings. The van der Waals surface area contributed by atoms with Crippen LogP contribution in [0.4, 0.5) is 0 Å². The fourth-order valence-corrected chi connectivity index (χ4v) is 4.29. The van der Waals surface area contributed by atoms with Crippen molar-refractivity contribution in [2.45, 2.75) is 58.5 Å². The molecule has 2 saturated heterocycles. The molecule has 4 heterocycles. The standard InChI is InChI=1S/C19H24N4O4/c1-12-15(13(2)27-21-12)10-23-17(24)4-5-19(23)6-8-22(9-7-19)18(25)16-11-26-14(3)20-16/h11H,4-10H2,1-3H3. The van der Waals surface area contributed by atoms with Crippen molar-refractivity contribution in [1.82, 2.24) is 19.9 Å². The zero-order valence-electron chi connectivity index (χ0n) is 15.9. The van der Waals surface area contributed by atoms with Gasteiger partial charge in [-0.1, -0.05) is 5.16 Å². The van der Waals surface area contributed by atoms with E-state index in [1.54, 1.807) is 11.8 Å². The number of aromatic nitrogens is 2. The highest BCUT2D eigenvalue weighted by molar-refractivity contribution is 5.92. The molecule has 2 aliphatic heterocycles. The van der Waals surface area contributed by atoms with Gasteiger partial charge >= 0.3 is 0 Å². The van der Waals surface area contributed by atoms with Crippen molar-refractivity contribution in [3.63, 3.8) is 0 Å². The normalized spacial score (nSPS) is 19.3. The maximum atomic E-state index is 12.6. The molecule has 2 aromatic heterocycles. The number of carbonyl (C=O) groups is 2. The first kappa shape index (κ1) is 17.8. The number of hydrogen-bond acceptors (Lipinski definition) is 6. The minimum Gasteiger partial charge on any atom is -0.448 e. The highest BCUT2D eigenvalue weighted by Gasteiger charge is 2.47. The number of amides is 2. The second kappa shape index (κ2) is 6.51. The Morgan fingerprint density at radius 2 is 1.96 bits per heavy atom. The Bertz CT molecular complexity index is 857. The molecule has 0 aliphatic carbocycles. The summed E-state index contributed by atoms with van der Waals surface area (Å²) in [6, 6.07) is 0. The van der Waals surface area contributed by atoms with Gasteiger partial charge in [0.2, 0.25) is 5.91 Å². The van der Waals surface area contributed by atoms with Crippen molar-refractivity contribution in [1.29, 1.82) is 0 Å². The predicted octanol–water partition coefficient (Wildman–Crippen LogP) is 2.39. The van der Waals surface area contributed by atoms with E-state index in [9.17, 15) is 9.59 Å². The Balaban J connectivity index is 1.49. The van der Waals surface area contributed by atoms with Crippen LogP contribution in [0.5, 0.6) is 0 Å². The summed E-state index contributed by atoms with van der Waals surface area (Å²) in [5.41, 5.74) is 1.97. The smallest absolute Gasteiger partial charge is 0.275 e. The lowest BCUT2D eigenvalue weighted by Gasteiger charge is -2.44. The topological polar surface area (TPSA) is 92.7 Å². The third-order valence-corrected chi connectivity index (χ3v) is 5.99. The van der Waals surface area contributed by atoms with Crippen LogP contribution in [-0.4, -0.2) is 50.4 Å². The number of hydrogen-bond donors (Lipinski definition) is 0. The molecule has 0 bridgehead atoms. The van der Waals surface area contributed by atoms with Crippen LogP contribution in [0, 0.1) is 20.8 Å². The van der Waals surface area contributed by atoms with E-state index < -0.39 is 0 Å². The SMILES string of the molecule is Cc1nc(C(=O)N2CCC3(CCC(=O)N3Cc3c(C)noc3C)CC2)co1. The van der Waals surface area contributed by atoms with Crippen molar-refractivity contribution < 1.29 is 18.5 Å². The summed E-state index contributed by atoms with van der Waals surface area (Å²) in [5.74, 6) is 1.31. The second-order valence-corrected chi connectivity index (χ2v) is 7.55. The summed E-state index contributed by atoms with van der Waals surface area (Å²) in [5, 5.41) is 4.01. The lowest BCUT2D eigenvalue weighted by atomic mass is 9.84. The third kappa shape index (κ3) is 3.02. The number of likely N-dealkylation sites (tertiary alicyclic amines) is 2. The summed E-state index contributed by atoms with van der Waals surface area (Å²) >= 11 is 0. The van der Waals surface area contributed by atoms with E-state index >= 15 is 0 Å². The summed E-state index contributed by atoms with van der Waals surface area (Å²) in [6.07, 6.45) is 4.33. The molecule has 144 valence electrons. The van der Waals surface area contributed by atoms with Gasteiger partial charge in [-0.25, -0.2) is 4.98 Å². The van der Waals surface area contributed by atoms with E-state index in [-0.39, 0.29) is 17.4 Å². The molecule has 0 N–H and O–H groups in total. The van der Waals surface area contributed by atoms with Crippen molar-refractivity contribution in [2.75, 3.05) is 13.1 Å². The zero-order valence-corrected chi connectivity index (χ0v) is 15.9. The molecule has 0 radical (unpaired) electrons. The van der Waals surface area contributed by atoms with E-state index in [1.165, 1.54) is 6.26 Å². The van der Waals surface area contributed by atoms with Crippen molar-refractivity contribution in [3.05, 3.63) is 34.9 Å². The summed E-state index contributed by atoms with van der Waals surface area (Å²) in [6.45, 7) is 7.24. The Labute approximate surface area is 157 Å². The van der Waals surface area contributed by atoms with Crippen LogP contribution in [0.15, 0.2) is 15.2 Å². The molecular formula is C19H24N4O4. The Morgan fingerprint density at radius 3 is 2.56 bits per heavy atom. The first-order chi connectivity index (χ1) is 12.9. The number of carbonyl (C=O) groups excluding carboxylic acids is 2.